The summed E-state index contributed by atoms with van der Waals surface area (Å²) in [4.78, 5) is 11.2. The lowest BCUT2D eigenvalue weighted by Gasteiger charge is -2.19. The van der Waals surface area contributed by atoms with Crippen LogP contribution in [-0.4, -0.2) is 5.91 Å². The maximum absolute atomic E-state index is 11.2. The number of carbonyl (C=O) groups excluding carboxylic acids is 1. The number of para-hydroxylation sites is 1. The third-order valence-electron chi connectivity index (χ3n) is 2.50. The average molecular weight is 175 g/mol. The highest BCUT2D eigenvalue weighted by molar-refractivity contribution is 5.94. The van der Waals surface area contributed by atoms with E-state index in [4.69, 9.17) is 0 Å². The second kappa shape index (κ2) is 3.21. The summed E-state index contributed by atoms with van der Waals surface area (Å²) in [5.74, 6) is 0.147. The van der Waals surface area contributed by atoms with Gasteiger partial charge in [0.05, 0.1) is 0 Å². The molecule has 0 aliphatic carbocycles. The van der Waals surface area contributed by atoms with Gasteiger partial charge in [0.25, 0.3) is 0 Å². The number of anilines is 1. The summed E-state index contributed by atoms with van der Waals surface area (Å²) >= 11 is 0. The van der Waals surface area contributed by atoms with Crippen LogP contribution < -0.4 is 5.32 Å². The van der Waals surface area contributed by atoms with Crippen molar-refractivity contribution in [1.82, 2.24) is 0 Å². The van der Waals surface area contributed by atoms with Crippen molar-refractivity contribution in [3.8, 4) is 0 Å². The van der Waals surface area contributed by atoms with Crippen molar-refractivity contribution in [2.75, 3.05) is 5.32 Å². The number of rotatable bonds is 1. The normalized spacial score (nSPS) is 15.0. The van der Waals surface area contributed by atoms with E-state index in [1.807, 2.05) is 0 Å². The third-order valence-corrected chi connectivity index (χ3v) is 2.50. The number of nitrogens with one attached hydrogen (secondary N) is 1. The van der Waals surface area contributed by atoms with Gasteiger partial charge in [-0.3, -0.25) is 4.79 Å². The first kappa shape index (κ1) is 8.30. The molecule has 2 rings (SSSR count). The number of hydrogen-bond donors (Lipinski definition) is 1. The molecule has 1 aromatic rings. The Kier molecular flexibility index (Phi) is 2.05. The second-order valence-corrected chi connectivity index (χ2v) is 3.35. The summed E-state index contributed by atoms with van der Waals surface area (Å²) in [5, 5.41) is 2.94. The van der Waals surface area contributed by atoms with Gasteiger partial charge >= 0.3 is 0 Å². The van der Waals surface area contributed by atoms with Gasteiger partial charge in [0, 0.05) is 12.1 Å². The number of carbonyl (C=O) groups is 1. The summed E-state index contributed by atoms with van der Waals surface area (Å²) < 4.78 is 0. The van der Waals surface area contributed by atoms with Gasteiger partial charge in [-0.2, -0.15) is 0 Å². The minimum absolute atomic E-state index is 0.147. The van der Waals surface area contributed by atoms with Crippen molar-refractivity contribution in [3.05, 3.63) is 29.3 Å². The Labute approximate surface area is 78.0 Å². The van der Waals surface area contributed by atoms with E-state index in [2.05, 4.69) is 30.4 Å². The van der Waals surface area contributed by atoms with Gasteiger partial charge in [-0.1, -0.05) is 25.1 Å². The maximum Gasteiger partial charge on any atom is 0.224 e. The lowest BCUT2D eigenvalue weighted by atomic mass is 9.98. The van der Waals surface area contributed by atoms with Crippen molar-refractivity contribution in [1.29, 1.82) is 0 Å². The predicted octanol–water partition coefficient (Wildman–Crippen LogP) is 2.13. The molecule has 1 heterocycles. The zero-order valence-corrected chi connectivity index (χ0v) is 7.76. The first-order valence-corrected chi connectivity index (χ1v) is 4.72. The van der Waals surface area contributed by atoms with E-state index >= 15 is 0 Å². The van der Waals surface area contributed by atoms with Gasteiger partial charge in [-0.05, 0) is 24.0 Å². The highest BCUT2D eigenvalue weighted by atomic mass is 16.1. The molecule has 2 nitrogen and oxygen atoms in total. The third kappa shape index (κ3) is 1.44. The maximum atomic E-state index is 11.2. The molecular formula is C11H13NO. The lowest BCUT2D eigenvalue weighted by Crippen LogP contribution is -2.20. The first-order chi connectivity index (χ1) is 6.31. The number of benzene rings is 1. The summed E-state index contributed by atoms with van der Waals surface area (Å²) in [6.07, 6.45) is 2.48. The predicted molar refractivity (Wildman–Crippen MR) is 52.8 cm³/mol. The van der Waals surface area contributed by atoms with Crippen molar-refractivity contribution >= 4 is 11.6 Å². The monoisotopic (exact) mass is 175 g/mol. The van der Waals surface area contributed by atoms with E-state index in [0.717, 1.165) is 18.5 Å². The molecule has 0 atom stereocenters. The Morgan fingerprint density at radius 2 is 2.23 bits per heavy atom. The second-order valence-electron chi connectivity index (χ2n) is 3.35. The van der Waals surface area contributed by atoms with E-state index in [0.29, 0.717) is 6.42 Å². The van der Waals surface area contributed by atoms with Gasteiger partial charge in [0.1, 0.15) is 0 Å². The fraction of sp³-hybridized carbons (Fsp3) is 0.364. The Balaban J connectivity index is 2.46. The summed E-state index contributed by atoms with van der Waals surface area (Å²) in [7, 11) is 0. The van der Waals surface area contributed by atoms with Crippen LogP contribution in [0.1, 0.15) is 24.5 Å². The number of amides is 1. The molecule has 1 N–H and O–H groups in total. The Hall–Kier alpha value is -1.31. The molecule has 0 unspecified atom stereocenters. The largest absolute Gasteiger partial charge is 0.326 e. The average Bonchev–Trinajstić information content (AvgIpc) is 2.17. The van der Waals surface area contributed by atoms with Crippen LogP contribution >= 0.6 is 0 Å². The van der Waals surface area contributed by atoms with Crippen LogP contribution in [-0.2, 0) is 17.6 Å². The Morgan fingerprint density at radius 1 is 1.38 bits per heavy atom. The van der Waals surface area contributed by atoms with E-state index in [1.165, 1.54) is 11.1 Å². The van der Waals surface area contributed by atoms with E-state index in [9.17, 15) is 4.79 Å². The number of fused-ring (bicyclic) bond motifs is 1. The molecule has 0 radical (unpaired) electrons. The molecular weight excluding hydrogens is 162 g/mol. The van der Waals surface area contributed by atoms with Gasteiger partial charge in [0.2, 0.25) is 5.91 Å². The Morgan fingerprint density at radius 3 is 3.00 bits per heavy atom. The quantitative estimate of drug-likeness (QED) is 0.696. The Bertz CT molecular complexity index is 330. The molecule has 0 fully saturated rings. The fourth-order valence-electron chi connectivity index (χ4n) is 1.77. The van der Waals surface area contributed by atoms with Crippen LogP contribution in [0.15, 0.2) is 18.2 Å². The molecule has 0 spiro atoms. The van der Waals surface area contributed by atoms with Gasteiger partial charge < -0.3 is 5.32 Å². The van der Waals surface area contributed by atoms with Crippen LogP contribution in [0.3, 0.4) is 0 Å². The molecule has 68 valence electrons. The fourth-order valence-corrected chi connectivity index (χ4v) is 1.77. The summed E-state index contributed by atoms with van der Waals surface area (Å²) in [6.45, 7) is 2.11. The molecule has 1 aliphatic heterocycles. The van der Waals surface area contributed by atoms with E-state index in [-0.39, 0.29) is 5.91 Å². The van der Waals surface area contributed by atoms with Crippen molar-refractivity contribution in [2.45, 2.75) is 26.2 Å². The van der Waals surface area contributed by atoms with Gasteiger partial charge in [-0.15, -0.1) is 0 Å². The highest BCUT2D eigenvalue weighted by Gasteiger charge is 2.16. The van der Waals surface area contributed by atoms with Crippen molar-refractivity contribution < 1.29 is 4.79 Å². The standard InChI is InChI=1S/C11H13NO/c1-2-8-4-3-5-9-6-7-10(13)12-11(8)9/h3-5H,2,6-7H2,1H3,(H,12,13). The zero-order chi connectivity index (χ0) is 9.26. The summed E-state index contributed by atoms with van der Waals surface area (Å²) in [6, 6.07) is 6.23. The van der Waals surface area contributed by atoms with Crippen LogP contribution in [0.25, 0.3) is 0 Å². The minimum atomic E-state index is 0.147. The topological polar surface area (TPSA) is 29.1 Å². The number of aryl methyl sites for hydroxylation is 2. The molecule has 1 amide bonds. The molecule has 13 heavy (non-hydrogen) atoms. The van der Waals surface area contributed by atoms with Crippen LogP contribution in [0.2, 0.25) is 0 Å². The van der Waals surface area contributed by atoms with E-state index < -0.39 is 0 Å². The molecule has 0 bridgehead atoms. The molecule has 2 heteroatoms. The molecule has 1 aliphatic rings. The van der Waals surface area contributed by atoms with Gasteiger partial charge in [0.15, 0.2) is 0 Å². The highest BCUT2D eigenvalue weighted by Crippen LogP contribution is 2.26. The van der Waals surface area contributed by atoms with Crippen molar-refractivity contribution in [3.63, 3.8) is 0 Å². The molecule has 0 saturated heterocycles. The first-order valence-electron chi connectivity index (χ1n) is 4.72. The van der Waals surface area contributed by atoms with Crippen molar-refractivity contribution in [2.24, 2.45) is 0 Å². The van der Waals surface area contributed by atoms with Crippen LogP contribution in [0.5, 0.6) is 0 Å². The lowest BCUT2D eigenvalue weighted by molar-refractivity contribution is -0.116. The van der Waals surface area contributed by atoms with E-state index in [1.54, 1.807) is 0 Å². The molecule has 0 aromatic heterocycles. The van der Waals surface area contributed by atoms with Crippen LogP contribution in [0, 0.1) is 0 Å². The zero-order valence-electron chi connectivity index (χ0n) is 7.76. The molecule has 1 aromatic carbocycles. The minimum Gasteiger partial charge on any atom is -0.326 e. The SMILES string of the molecule is CCc1cccc2c1NC(=O)CC2. The molecule has 0 saturated carbocycles. The summed E-state index contributed by atoms with van der Waals surface area (Å²) in [5.41, 5.74) is 3.57. The van der Waals surface area contributed by atoms with Gasteiger partial charge in [-0.25, -0.2) is 0 Å². The van der Waals surface area contributed by atoms with Crippen LogP contribution in [0.4, 0.5) is 5.69 Å². The smallest absolute Gasteiger partial charge is 0.224 e. The number of hydrogen-bond acceptors (Lipinski definition) is 1.